The van der Waals surface area contributed by atoms with Crippen molar-refractivity contribution in [1.82, 2.24) is 19.5 Å². The summed E-state index contributed by atoms with van der Waals surface area (Å²) in [5.41, 5.74) is 18.2. The first-order chi connectivity index (χ1) is 37.1. The molecule has 4 aromatic heterocycles. The Morgan fingerprint density at radius 3 is 1.53 bits per heavy atom. The maximum absolute atomic E-state index is 6.63. The molecule has 0 saturated heterocycles. The smallest absolute Gasteiger partial charge is 0.164 e. The van der Waals surface area contributed by atoms with Gasteiger partial charge in [-0.3, -0.25) is 0 Å². The van der Waals surface area contributed by atoms with E-state index >= 15 is 0 Å². The number of benzene rings is 11. The Balaban J connectivity index is 0.885. The molecule has 0 aliphatic carbocycles. The SMILES string of the molecule is c1ccc(-c2ccc(-c3nc(-c4ccccc4)nc(-c4cccc5oc6ccc(-c7cccc(-c8cc9c(cc8-n8c%10ccccc%10c%10cc(-c%11ccccc%11)ccc%108)oc8ccccc89)c7)cc6c45)n3)cc2)cc1. The van der Waals surface area contributed by atoms with E-state index in [-0.39, 0.29) is 0 Å². The zero-order valence-electron chi connectivity index (χ0n) is 40.4. The highest BCUT2D eigenvalue weighted by molar-refractivity contribution is 6.14. The zero-order chi connectivity index (χ0) is 49.4. The van der Waals surface area contributed by atoms with Gasteiger partial charge in [0.1, 0.15) is 22.3 Å². The van der Waals surface area contributed by atoms with Crippen molar-refractivity contribution < 1.29 is 8.83 Å². The molecule has 0 fully saturated rings. The van der Waals surface area contributed by atoms with E-state index in [9.17, 15) is 0 Å². The molecule has 350 valence electrons. The van der Waals surface area contributed by atoms with Crippen molar-refractivity contribution >= 4 is 65.7 Å². The molecule has 15 aromatic rings. The van der Waals surface area contributed by atoms with Crippen molar-refractivity contribution in [2.24, 2.45) is 0 Å². The minimum Gasteiger partial charge on any atom is -0.456 e. The number of hydrogen-bond acceptors (Lipinski definition) is 5. The van der Waals surface area contributed by atoms with Crippen molar-refractivity contribution in [1.29, 1.82) is 0 Å². The normalized spacial score (nSPS) is 11.7. The van der Waals surface area contributed by atoms with Crippen molar-refractivity contribution in [3.05, 3.63) is 255 Å². The van der Waals surface area contributed by atoms with Gasteiger partial charge in [0.2, 0.25) is 0 Å². The van der Waals surface area contributed by atoms with Crippen LogP contribution in [0.3, 0.4) is 0 Å². The summed E-state index contributed by atoms with van der Waals surface area (Å²) in [5.74, 6) is 1.77. The molecule has 0 spiro atoms. The number of aromatic nitrogens is 4. The summed E-state index contributed by atoms with van der Waals surface area (Å²) < 4.78 is 15.7. The molecule has 0 saturated carbocycles. The number of hydrogen-bond donors (Lipinski definition) is 0. The molecule has 11 aromatic carbocycles. The quantitative estimate of drug-likeness (QED) is 0.152. The lowest BCUT2D eigenvalue weighted by Gasteiger charge is -2.16. The van der Waals surface area contributed by atoms with Crippen LogP contribution in [0.15, 0.2) is 264 Å². The summed E-state index contributed by atoms with van der Waals surface area (Å²) in [7, 11) is 0. The van der Waals surface area contributed by atoms with E-state index in [0.717, 1.165) is 111 Å². The first kappa shape index (κ1) is 42.5. The molecule has 4 heterocycles. The summed E-state index contributed by atoms with van der Waals surface area (Å²) >= 11 is 0. The third-order valence-electron chi connectivity index (χ3n) is 14.7. The standard InChI is InChI=1S/C69H42N4O2/c1-4-16-43(17-5-1)45-30-32-47(33-31-45)68-70-67(46-20-8-3-9-21-46)71-69(72-68)54-26-15-29-64-66(54)58-40-50(35-37-63(58)74-64)48-22-14-23-51(38-48)55-41-57-53-25-11-13-28-62(53)75-65(57)42-61(55)73-59-27-12-10-24-52(59)56-39-49(34-36-60(56)73)44-18-6-2-7-19-44/h1-42H. The van der Waals surface area contributed by atoms with Gasteiger partial charge in [0.15, 0.2) is 17.5 Å². The number of nitrogens with zero attached hydrogens (tertiary/aromatic N) is 4. The molecule has 0 N–H and O–H groups in total. The van der Waals surface area contributed by atoms with Crippen molar-refractivity contribution in [2.75, 3.05) is 0 Å². The van der Waals surface area contributed by atoms with Gasteiger partial charge in [0, 0.05) is 60.6 Å². The maximum Gasteiger partial charge on any atom is 0.164 e. The largest absolute Gasteiger partial charge is 0.456 e. The van der Waals surface area contributed by atoms with Crippen LogP contribution in [0.1, 0.15) is 0 Å². The second-order valence-corrected chi connectivity index (χ2v) is 19.1. The molecule has 6 heteroatoms. The van der Waals surface area contributed by atoms with Gasteiger partial charge in [-0.2, -0.15) is 0 Å². The lowest BCUT2D eigenvalue weighted by molar-refractivity contribution is 0.668. The molecule has 75 heavy (non-hydrogen) atoms. The topological polar surface area (TPSA) is 69.9 Å². The third-order valence-corrected chi connectivity index (χ3v) is 14.7. The first-order valence-corrected chi connectivity index (χ1v) is 25.2. The Morgan fingerprint density at radius 1 is 0.253 bits per heavy atom. The zero-order valence-corrected chi connectivity index (χ0v) is 40.4. The Kier molecular flexibility index (Phi) is 9.78. The van der Waals surface area contributed by atoms with Crippen LogP contribution in [0, 0.1) is 0 Å². The van der Waals surface area contributed by atoms with E-state index in [4.69, 9.17) is 23.8 Å². The highest BCUT2D eigenvalue weighted by Crippen LogP contribution is 2.44. The van der Waals surface area contributed by atoms with Crippen LogP contribution >= 0.6 is 0 Å². The van der Waals surface area contributed by atoms with Crippen molar-refractivity contribution in [3.63, 3.8) is 0 Å². The van der Waals surface area contributed by atoms with Crippen LogP contribution in [-0.4, -0.2) is 19.5 Å². The molecule has 6 nitrogen and oxygen atoms in total. The predicted molar refractivity (Wildman–Crippen MR) is 307 cm³/mol. The van der Waals surface area contributed by atoms with Crippen LogP contribution in [0.25, 0.3) is 150 Å². The van der Waals surface area contributed by atoms with E-state index in [1.807, 2.05) is 54.6 Å². The Bertz CT molecular complexity index is 4690. The average Bonchev–Trinajstić information content (AvgIpc) is 4.18. The van der Waals surface area contributed by atoms with Gasteiger partial charge in [0.25, 0.3) is 0 Å². The van der Waals surface area contributed by atoms with E-state index in [1.54, 1.807) is 0 Å². The number of para-hydroxylation sites is 2. The third kappa shape index (κ3) is 7.22. The highest BCUT2D eigenvalue weighted by Gasteiger charge is 2.22. The van der Waals surface area contributed by atoms with Crippen LogP contribution in [0.2, 0.25) is 0 Å². The fourth-order valence-electron chi connectivity index (χ4n) is 11.1. The van der Waals surface area contributed by atoms with Gasteiger partial charge in [-0.15, -0.1) is 0 Å². The molecule has 0 bridgehead atoms. The predicted octanol–water partition coefficient (Wildman–Crippen LogP) is 18.4. The number of fused-ring (bicyclic) bond motifs is 9. The van der Waals surface area contributed by atoms with Crippen molar-refractivity contribution in [2.45, 2.75) is 0 Å². The second kappa shape index (κ2) is 17.3. The molecular weight excluding hydrogens is 917 g/mol. The molecule has 0 aliphatic rings. The van der Waals surface area contributed by atoms with E-state index in [2.05, 4.69) is 205 Å². The first-order valence-electron chi connectivity index (χ1n) is 25.2. The molecule has 0 amide bonds. The summed E-state index contributed by atoms with van der Waals surface area (Å²) in [6, 6.07) is 89.5. The van der Waals surface area contributed by atoms with E-state index < -0.39 is 0 Å². The van der Waals surface area contributed by atoms with Crippen LogP contribution in [0.5, 0.6) is 0 Å². The fourth-order valence-corrected chi connectivity index (χ4v) is 11.1. The minimum absolute atomic E-state index is 0.572. The van der Waals surface area contributed by atoms with Gasteiger partial charge >= 0.3 is 0 Å². The van der Waals surface area contributed by atoms with Gasteiger partial charge in [-0.1, -0.05) is 194 Å². The monoisotopic (exact) mass is 958 g/mol. The Hall–Kier alpha value is -10.2. The maximum atomic E-state index is 6.63. The van der Waals surface area contributed by atoms with Crippen LogP contribution in [-0.2, 0) is 0 Å². The van der Waals surface area contributed by atoms with Crippen molar-refractivity contribution in [3.8, 4) is 84.4 Å². The summed E-state index contributed by atoms with van der Waals surface area (Å²) in [6.45, 7) is 0. The van der Waals surface area contributed by atoms with Gasteiger partial charge < -0.3 is 13.4 Å². The van der Waals surface area contributed by atoms with Gasteiger partial charge in [-0.05, 0) is 93.5 Å². The second-order valence-electron chi connectivity index (χ2n) is 19.1. The average molecular weight is 959 g/mol. The summed E-state index contributed by atoms with van der Waals surface area (Å²) in [4.78, 5) is 15.5. The molecule has 0 unspecified atom stereocenters. The highest BCUT2D eigenvalue weighted by atomic mass is 16.3. The minimum atomic E-state index is 0.572. The molecule has 15 rings (SSSR count). The molecule has 0 atom stereocenters. The Morgan fingerprint density at radius 2 is 0.747 bits per heavy atom. The molecular formula is C69H42N4O2. The molecule has 0 radical (unpaired) electrons. The summed E-state index contributed by atoms with van der Waals surface area (Å²) in [5, 5.41) is 6.46. The van der Waals surface area contributed by atoms with E-state index in [0.29, 0.717) is 17.5 Å². The number of furan rings is 2. The van der Waals surface area contributed by atoms with Gasteiger partial charge in [0.05, 0.1) is 16.7 Å². The lowest BCUT2D eigenvalue weighted by Crippen LogP contribution is -2.00. The summed E-state index contributed by atoms with van der Waals surface area (Å²) in [6.07, 6.45) is 0. The number of rotatable bonds is 8. The van der Waals surface area contributed by atoms with Gasteiger partial charge in [-0.25, -0.2) is 15.0 Å². The van der Waals surface area contributed by atoms with Crippen LogP contribution in [0.4, 0.5) is 0 Å². The lowest BCUT2D eigenvalue weighted by atomic mass is 9.95. The Labute approximate surface area is 431 Å². The fraction of sp³-hybridized carbons (Fsp3) is 0. The molecule has 0 aliphatic heterocycles. The van der Waals surface area contributed by atoms with Crippen LogP contribution < -0.4 is 0 Å². The van der Waals surface area contributed by atoms with E-state index in [1.165, 1.54) is 21.9 Å².